The molecule has 0 heterocycles. The zero-order valence-corrected chi connectivity index (χ0v) is 17.2. The predicted octanol–water partition coefficient (Wildman–Crippen LogP) is 4.72. The van der Waals surface area contributed by atoms with Gasteiger partial charge in [-0.15, -0.1) is 0 Å². The third-order valence-electron chi connectivity index (χ3n) is 4.74. The highest BCUT2D eigenvalue weighted by Gasteiger charge is 2.19. The SMILES string of the molecule is CCC(Oc1ccccc1C)C(=O)Nc1ccc(C(=O)NCc2ccccc2)cc1. The Labute approximate surface area is 177 Å². The average Bonchev–Trinajstić information content (AvgIpc) is 2.78. The summed E-state index contributed by atoms with van der Waals surface area (Å²) in [5, 5.41) is 5.75. The molecular weight excluding hydrogens is 376 g/mol. The Hall–Kier alpha value is -3.60. The first kappa shape index (κ1) is 21.1. The highest BCUT2D eigenvalue weighted by atomic mass is 16.5. The van der Waals surface area contributed by atoms with Crippen LogP contribution in [-0.2, 0) is 11.3 Å². The number of para-hydroxylation sites is 1. The van der Waals surface area contributed by atoms with Crippen molar-refractivity contribution in [3.8, 4) is 5.75 Å². The first-order chi connectivity index (χ1) is 14.6. The molecule has 3 rings (SSSR count). The number of ether oxygens (including phenoxy) is 1. The first-order valence-corrected chi connectivity index (χ1v) is 10.0. The standard InChI is InChI=1S/C25H26N2O3/c1-3-22(30-23-12-8-7-9-18(23)2)25(29)27-21-15-13-20(14-16-21)24(28)26-17-19-10-5-4-6-11-19/h4-16,22H,3,17H2,1-2H3,(H,26,28)(H,27,29). The molecule has 5 heteroatoms. The zero-order valence-electron chi connectivity index (χ0n) is 17.2. The van der Waals surface area contributed by atoms with Gasteiger partial charge in [0.25, 0.3) is 11.8 Å². The second kappa shape index (κ2) is 10.3. The van der Waals surface area contributed by atoms with E-state index in [0.717, 1.165) is 11.1 Å². The Morgan fingerprint density at radius 1 is 0.900 bits per heavy atom. The van der Waals surface area contributed by atoms with E-state index in [1.54, 1.807) is 24.3 Å². The van der Waals surface area contributed by atoms with Crippen LogP contribution in [0.4, 0.5) is 5.69 Å². The topological polar surface area (TPSA) is 67.4 Å². The molecule has 1 unspecified atom stereocenters. The van der Waals surface area contributed by atoms with Crippen molar-refractivity contribution >= 4 is 17.5 Å². The number of amides is 2. The van der Waals surface area contributed by atoms with Gasteiger partial charge in [0.05, 0.1) is 0 Å². The Morgan fingerprint density at radius 2 is 1.57 bits per heavy atom. The third kappa shape index (κ3) is 5.70. The molecule has 30 heavy (non-hydrogen) atoms. The van der Waals surface area contributed by atoms with Crippen molar-refractivity contribution in [3.63, 3.8) is 0 Å². The molecule has 0 radical (unpaired) electrons. The molecule has 2 amide bonds. The molecule has 1 atom stereocenters. The summed E-state index contributed by atoms with van der Waals surface area (Å²) in [6, 6.07) is 24.2. The fourth-order valence-electron chi connectivity index (χ4n) is 2.97. The van der Waals surface area contributed by atoms with E-state index in [2.05, 4.69) is 10.6 Å². The van der Waals surface area contributed by atoms with Crippen LogP contribution in [0.2, 0.25) is 0 Å². The van der Waals surface area contributed by atoms with Gasteiger partial charge in [0.2, 0.25) is 0 Å². The summed E-state index contributed by atoms with van der Waals surface area (Å²) >= 11 is 0. The van der Waals surface area contributed by atoms with Gasteiger partial charge in [-0.3, -0.25) is 9.59 Å². The summed E-state index contributed by atoms with van der Waals surface area (Å²) < 4.78 is 5.89. The molecule has 0 bridgehead atoms. The number of aryl methyl sites for hydroxylation is 1. The second-order valence-corrected chi connectivity index (χ2v) is 7.02. The molecule has 0 aromatic heterocycles. The van der Waals surface area contributed by atoms with Crippen LogP contribution in [0.5, 0.6) is 5.75 Å². The summed E-state index contributed by atoms with van der Waals surface area (Å²) in [5.74, 6) is 0.318. The van der Waals surface area contributed by atoms with Gasteiger partial charge in [0.15, 0.2) is 6.10 Å². The smallest absolute Gasteiger partial charge is 0.265 e. The van der Waals surface area contributed by atoms with Crippen LogP contribution in [0.3, 0.4) is 0 Å². The van der Waals surface area contributed by atoms with Crippen molar-refractivity contribution in [2.24, 2.45) is 0 Å². The molecule has 2 N–H and O–H groups in total. The monoisotopic (exact) mass is 402 g/mol. The number of hydrogen-bond donors (Lipinski definition) is 2. The van der Waals surface area contributed by atoms with Crippen LogP contribution in [0.15, 0.2) is 78.9 Å². The van der Waals surface area contributed by atoms with Gasteiger partial charge in [0, 0.05) is 17.8 Å². The van der Waals surface area contributed by atoms with Crippen LogP contribution in [0, 0.1) is 6.92 Å². The Morgan fingerprint density at radius 3 is 2.23 bits per heavy atom. The molecule has 0 aliphatic rings. The minimum atomic E-state index is -0.597. The average molecular weight is 402 g/mol. The van der Waals surface area contributed by atoms with E-state index in [4.69, 9.17) is 4.74 Å². The van der Waals surface area contributed by atoms with Gasteiger partial charge in [-0.05, 0) is 54.8 Å². The fraction of sp³-hybridized carbons (Fsp3) is 0.200. The quantitative estimate of drug-likeness (QED) is 0.573. The third-order valence-corrected chi connectivity index (χ3v) is 4.74. The minimum Gasteiger partial charge on any atom is -0.480 e. The Balaban J connectivity index is 1.56. The van der Waals surface area contributed by atoms with Gasteiger partial charge >= 0.3 is 0 Å². The molecule has 0 fully saturated rings. The summed E-state index contributed by atoms with van der Waals surface area (Å²) in [6.45, 7) is 4.32. The van der Waals surface area contributed by atoms with E-state index in [9.17, 15) is 9.59 Å². The molecule has 0 aliphatic carbocycles. The normalized spacial score (nSPS) is 11.4. The number of carbonyl (C=O) groups excluding carboxylic acids is 2. The van der Waals surface area contributed by atoms with Crippen LogP contribution < -0.4 is 15.4 Å². The lowest BCUT2D eigenvalue weighted by Crippen LogP contribution is -2.32. The van der Waals surface area contributed by atoms with Crippen molar-refractivity contribution in [3.05, 3.63) is 95.6 Å². The van der Waals surface area contributed by atoms with Crippen LogP contribution >= 0.6 is 0 Å². The number of benzene rings is 3. The molecule has 3 aromatic carbocycles. The molecule has 0 saturated carbocycles. The highest BCUT2D eigenvalue weighted by Crippen LogP contribution is 2.20. The van der Waals surface area contributed by atoms with Gasteiger partial charge in [-0.1, -0.05) is 55.5 Å². The minimum absolute atomic E-state index is 0.161. The first-order valence-electron chi connectivity index (χ1n) is 10.0. The fourth-order valence-corrected chi connectivity index (χ4v) is 2.97. The van der Waals surface area contributed by atoms with E-state index >= 15 is 0 Å². The highest BCUT2D eigenvalue weighted by molar-refractivity contribution is 5.97. The van der Waals surface area contributed by atoms with Crippen molar-refractivity contribution in [1.29, 1.82) is 0 Å². The van der Waals surface area contributed by atoms with Crippen molar-refractivity contribution in [2.75, 3.05) is 5.32 Å². The van der Waals surface area contributed by atoms with E-state index in [0.29, 0.717) is 30.0 Å². The van der Waals surface area contributed by atoms with E-state index in [1.807, 2.05) is 68.4 Å². The lowest BCUT2D eigenvalue weighted by Gasteiger charge is -2.18. The van der Waals surface area contributed by atoms with Gasteiger partial charge < -0.3 is 15.4 Å². The Kier molecular flexibility index (Phi) is 7.22. The molecule has 154 valence electrons. The maximum atomic E-state index is 12.6. The van der Waals surface area contributed by atoms with E-state index < -0.39 is 6.10 Å². The molecule has 0 spiro atoms. The van der Waals surface area contributed by atoms with Crippen molar-refractivity contribution in [2.45, 2.75) is 32.9 Å². The van der Waals surface area contributed by atoms with Crippen LogP contribution in [-0.4, -0.2) is 17.9 Å². The van der Waals surface area contributed by atoms with Gasteiger partial charge in [-0.2, -0.15) is 0 Å². The van der Waals surface area contributed by atoms with Gasteiger partial charge in [0.1, 0.15) is 5.75 Å². The van der Waals surface area contributed by atoms with E-state index in [1.165, 1.54) is 0 Å². The largest absolute Gasteiger partial charge is 0.480 e. The lowest BCUT2D eigenvalue weighted by atomic mass is 10.1. The summed E-state index contributed by atoms with van der Waals surface area (Å²) in [4.78, 5) is 24.9. The number of hydrogen-bond acceptors (Lipinski definition) is 3. The summed E-state index contributed by atoms with van der Waals surface area (Å²) in [5.41, 5.74) is 3.17. The molecule has 3 aromatic rings. The van der Waals surface area contributed by atoms with Crippen molar-refractivity contribution < 1.29 is 14.3 Å². The van der Waals surface area contributed by atoms with Crippen molar-refractivity contribution in [1.82, 2.24) is 5.32 Å². The molecule has 5 nitrogen and oxygen atoms in total. The van der Waals surface area contributed by atoms with Crippen LogP contribution in [0.25, 0.3) is 0 Å². The van der Waals surface area contributed by atoms with Crippen LogP contribution in [0.1, 0.15) is 34.8 Å². The number of rotatable bonds is 8. The maximum absolute atomic E-state index is 12.6. The number of anilines is 1. The Bertz CT molecular complexity index is 985. The zero-order chi connectivity index (χ0) is 21.3. The molecule has 0 aliphatic heterocycles. The maximum Gasteiger partial charge on any atom is 0.265 e. The molecule has 0 saturated heterocycles. The van der Waals surface area contributed by atoms with E-state index in [-0.39, 0.29) is 11.8 Å². The predicted molar refractivity (Wildman–Crippen MR) is 119 cm³/mol. The molecular formula is C25H26N2O3. The summed E-state index contributed by atoms with van der Waals surface area (Å²) in [6.07, 6.45) is -0.0555. The summed E-state index contributed by atoms with van der Waals surface area (Å²) in [7, 11) is 0. The number of carbonyl (C=O) groups is 2. The lowest BCUT2D eigenvalue weighted by molar-refractivity contribution is -0.122. The second-order valence-electron chi connectivity index (χ2n) is 7.02. The van der Waals surface area contributed by atoms with Gasteiger partial charge in [-0.25, -0.2) is 0 Å². The number of nitrogens with one attached hydrogen (secondary N) is 2.